The van der Waals surface area contributed by atoms with Crippen molar-refractivity contribution >= 4 is 11.6 Å². The molecule has 1 aromatic heterocycles. The lowest BCUT2D eigenvalue weighted by atomic mass is 10.3. The Kier molecular flexibility index (Phi) is 7.38. The van der Waals surface area contributed by atoms with Crippen LogP contribution in [-0.2, 0) is 17.8 Å². The predicted molar refractivity (Wildman–Crippen MR) is 78.7 cm³/mol. The van der Waals surface area contributed by atoms with Gasteiger partial charge in [-0.15, -0.1) is 0 Å². The average Bonchev–Trinajstić information content (AvgIpc) is 2.64. The van der Waals surface area contributed by atoms with E-state index in [9.17, 15) is 0 Å². The lowest BCUT2D eigenvalue weighted by Crippen LogP contribution is -2.24. The van der Waals surface area contributed by atoms with Gasteiger partial charge in [-0.3, -0.25) is 4.68 Å². The van der Waals surface area contributed by atoms with Gasteiger partial charge in [0.2, 0.25) is 0 Å². The molecule has 0 amide bonds. The molecule has 0 aliphatic heterocycles. The first kappa shape index (κ1) is 16.4. The molecular weight excluding hydrogens is 264 g/mol. The fraction of sp³-hybridized carbons (Fsp3) is 0.769. The van der Waals surface area contributed by atoms with Crippen LogP contribution >= 0.6 is 11.6 Å². The highest BCUT2D eigenvalue weighted by Crippen LogP contribution is 2.19. The Balaban J connectivity index is 2.22. The number of hydrogen-bond acceptors (Lipinski definition) is 4. The minimum atomic E-state index is 0.713. The van der Waals surface area contributed by atoms with Crippen LogP contribution in [0, 0.1) is 6.92 Å². The summed E-state index contributed by atoms with van der Waals surface area (Å²) in [5.41, 5.74) is 1.94. The maximum absolute atomic E-state index is 6.23. The van der Waals surface area contributed by atoms with Crippen molar-refractivity contribution < 1.29 is 4.74 Å². The fourth-order valence-corrected chi connectivity index (χ4v) is 1.94. The van der Waals surface area contributed by atoms with Gasteiger partial charge in [0.25, 0.3) is 0 Å². The summed E-state index contributed by atoms with van der Waals surface area (Å²) in [4.78, 5) is 2.11. The molecule has 1 heterocycles. The zero-order valence-corrected chi connectivity index (χ0v) is 13.1. The van der Waals surface area contributed by atoms with Crippen LogP contribution in [0.1, 0.15) is 18.3 Å². The highest BCUT2D eigenvalue weighted by atomic mass is 35.5. The zero-order valence-electron chi connectivity index (χ0n) is 12.4. The number of nitrogens with one attached hydrogen (secondary N) is 1. The highest BCUT2D eigenvalue weighted by molar-refractivity contribution is 6.31. The number of rotatable bonds is 9. The van der Waals surface area contributed by atoms with Gasteiger partial charge in [-0.1, -0.05) is 11.6 Å². The summed E-state index contributed by atoms with van der Waals surface area (Å²) in [7, 11) is 4.08. The molecule has 0 spiro atoms. The van der Waals surface area contributed by atoms with Gasteiger partial charge < -0.3 is 15.0 Å². The van der Waals surface area contributed by atoms with Gasteiger partial charge >= 0.3 is 0 Å². The maximum Gasteiger partial charge on any atom is 0.0860 e. The van der Waals surface area contributed by atoms with Crippen molar-refractivity contribution in [2.75, 3.05) is 40.4 Å². The molecule has 0 saturated carbocycles. The van der Waals surface area contributed by atoms with Gasteiger partial charge in [0.1, 0.15) is 0 Å². The third-order valence-corrected chi connectivity index (χ3v) is 3.34. The standard InChI is InChI=1S/C13H25ClN4O/c1-5-18-12(13(14)11(2)16-18)10-15-6-8-19-9-7-17(3)4/h15H,5-10H2,1-4H3. The summed E-state index contributed by atoms with van der Waals surface area (Å²) in [5, 5.41) is 8.49. The molecule has 1 rings (SSSR count). The molecule has 1 aromatic rings. The normalized spacial score (nSPS) is 11.5. The van der Waals surface area contributed by atoms with E-state index in [1.54, 1.807) is 0 Å². The molecule has 0 radical (unpaired) electrons. The second-order valence-electron chi connectivity index (χ2n) is 4.75. The molecule has 0 aliphatic carbocycles. The lowest BCUT2D eigenvalue weighted by molar-refractivity contribution is 0.119. The van der Waals surface area contributed by atoms with E-state index in [1.807, 2.05) is 25.7 Å². The Bertz CT molecular complexity index is 379. The van der Waals surface area contributed by atoms with Crippen molar-refractivity contribution in [3.05, 3.63) is 16.4 Å². The number of aryl methyl sites for hydroxylation is 2. The van der Waals surface area contributed by atoms with Gasteiger partial charge in [0, 0.05) is 26.2 Å². The van der Waals surface area contributed by atoms with E-state index in [2.05, 4.69) is 22.2 Å². The van der Waals surface area contributed by atoms with Crippen molar-refractivity contribution in [2.45, 2.75) is 26.9 Å². The summed E-state index contributed by atoms with van der Waals surface area (Å²) in [6.07, 6.45) is 0. The molecule has 110 valence electrons. The molecule has 0 fully saturated rings. The van der Waals surface area contributed by atoms with Crippen LogP contribution in [0.5, 0.6) is 0 Å². The first-order valence-corrected chi connectivity index (χ1v) is 7.09. The number of nitrogens with zero attached hydrogens (tertiary/aromatic N) is 3. The lowest BCUT2D eigenvalue weighted by Gasteiger charge is -2.10. The molecule has 0 aliphatic rings. The van der Waals surface area contributed by atoms with Crippen molar-refractivity contribution in [1.82, 2.24) is 20.0 Å². The molecule has 0 aromatic carbocycles. The average molecular weight is 289 g/mol. The number of aromatic nitrogens is 2. The third kappa shape index (κ3) is 5.48. The summed E-state index contributed by atoms with van der Waals surface area (Å²) in [5.74, 6) is 0. The Labute approximate surface area is 120 Å². The molecule has 1 N–H and O–H groups in total. The zero-order chi connectivity index (χ0) is 14.3. The van der Waals surface area contributed by atoms with Gasteiger partial charge in [-0.2, -0.15) is 5.10 Å². The van der Waals surface area contributed by atoms with Gasteiger partial charge in [0.05, 0.1) is 29.6 Å². The van der Waals surface area contributed by atoms with Gasteiger partial charge in [-0.25, -0.2) is 0 Å². The molecule has 6 heteroatoms. The molecule has 0 saturated heterocycles. The van der Waals surface area contributed by atoms with E-state index >= 15 is 0 Å². The monoisotopic (exact) mass is 288 g/mol. The largest absolute Gasteiger partial charge is 0.379 e. The van der Waals surface area contributed by atoms with Crippen LogP contribution in [0.15, 0.2) is 0 Å². The number of halogens is 1. The number of likely N-dealkylation sites (N-methyl/N-ethyl adjacent to an activating group) is 1. The molecule has 0 unspecified atom stereocenters. The van der Waals surface area contributed by atoms with E-state index < -0.39 is 0 Å². The SMILES string of the molecule is CCn1nc(C)c(Cl)c1CNCCOCCN(C)C. The van der Waals surface area contributed by atoms with Crippen molar-refractivity contribution in [2.24, 2.45) is 0 Å². The molecule has 0 bridgehead atoms. The second kappa shape index (κ2) is 8.53. The van der Waals surface area contributed by atoms with Crippen LogP contribution in [0.25, 0.3) is 0 Å². The molecular formula is C13H25ClN4O. The number of hydrogen-bond donors (Lipinski definition) is 1. The van der Waals surface area contributed by atoms with Crippen LogP contribution < -0.4 is 5.32 Å². The highest BCUT2D eigenvalue weighted by Gasteiger charge is 2.11. The molecule has 5 nitrogen and oxygen atoms in total. The van der Waals surface area contributed by atoms with Gasteiger partial charge in [0.15, 0.2) is 0 Å². The predicted octanol–water partition coefficient (Wildman–Crippen LogP) is 1.53. The fourth-order valence-electron chi connectivity index (χ4n) is 1.74. The summed E-state index contributed by atoms with van der Waals surface area (Å²) >= 11 is 6.23. The first-order chi connectivity index (χ1) is 9.06. The number of ether oxygens (including phenoxy) is 1. The van der Waals surface area contributed by atoms with E-state index in [0.717, 1.165) is 49.2 Å². The second-order valence-corrected chi connectivity index (χ2v) is 5.13. The van der Waals surface area contributed by atoms with Crippen LogP contribution in [-0.4, -0.2) is 55.1 Å². The summed E-state index contributed by atoms with van der Waals surface area (Å²) < 4.78 is 7.46. The Morgan fingerprint density at radius 2 is 2.11 bits per heavy atom. The van der Waals surface area contributed by atoms with E-state index in [-0.39, 0.29) is 0 Å². The van der Waals surface area contributed by atoms with Crippen LogP contribution in [0.3, 0.4) is 0 Å². The molecule has 0 atom stereocenters. The Hall–Kier alpha value is -0.620. The Morgan fingerprint density at radius 1 is 1.37 bits per heavy atom. The quantitative estimate of drug-likeness (QED) is 0.700. The minimum absolute atomic E-state index is 0.713. The molecule has 19 heavy (non-hydrogen) atoms. The van der Waals surface area contributed by atoms with E-state index in [4.69, 9.17) is 16.3 Å². The van der Waals surface area contributed by atoms with E-state index in [0.29, 0.717) is 6.61 Å². The summed E-state index contributed by atoms with van der Waals surface area (Å²) in [6.45, 7) is 8.81. The van der Waals surface area contributed by atoms with Crippen molar-refractivity contribution in [3.63, 3.8) is 0 Å². The minimum Gasteiger partial charge on any atom is -0.379 e. The Morgan fingerprint density at radius 3 is 2.74 bits per heavy atom. The van der Waals surface area contributed by atoms with Crippen molar-refractivity contribution in [3.8, 4) is 0 Å². The van der Waals surface area contributed by atoms with Crippen molar-refractivity contribution in [1.29, 1.82) is 0 Å². The third-order valence-electron chi connectivity index (χ3n) is 2.85. The van der Waals surface area contributed by atoms with Crippen LogP contribution in [0.2, 0.25) is 5.02 Å². The topological polar surface area (TPSA) is 42.3 Å². The van der Waals surface area contributed by atoms with Gasteiger partial charge in [-0.05, 0) is 27.9 Å². The summed E-state index contributed by atoms with van der Waals surface area (Å²) in [6, 6.07) is 0. The first-order valence-electron chi connectivity index (χ1n) is 6.71. The van der Waals surface area contributed by atoms with E-state index in [1.165, 1.54) is 0 Å². The van der Waals surface area contributed by atoms with Crippen LogP contribution in [0.4, 0.5) is 0 Å². The smallest absolute Gasteiger partial charge is 0.0860 e. The maximum atomic E-state index is 6.23.